The summed E-state index contributed by atoms with van der Waals surface area (Å²) in [5, 5.41) is 0. The van der Waals surface area contributed by atoms with E-state index in [0.717, 1.165) is 45.1 Å². The first kappa shape index (κ1) is 22.4. The van der Waals surface area contributed by atoms with Gasteiger partial charge in [-0.05, 0) is 63.2 Å². The maximum Gasteiger partial charge on any atom is 0.185 e. The summed E-state index contributed by atoms with van der Waals surface area (Å²) >= 11 is 0. The predicted octanol–water partition coefficient (Wildman–Crippen LogP) is 8.20. The van der Waals surface area contributed by atoms with Gasteiger partial charge in [-0.15, -0.1) is 0 Å². The first-order valence-electron chi connectivity index (χ1n) is 11.2. The highest BCUT2D eigenvalue weighted by molar-refractivity contribution is 6.69. The van der Waals surface area contributed by atoms with Crippen LogP contribution in [0, 0.1) is 0 Å². The molecule has 4 heteroatoms. The van der Waals surface area contributed by atoms with Crippen LogP contribution in [-0.4, -0.2) is 14.9 Å². The van der Waals surface area contributed by atoms with E-state index in [4.69, 9.17) is 13.6 Å². The Morgan fingerprint density at radius 2 is 1.38 bits per heavy atom. The summed E-state index contributed by atoms with van der Waals surface area (Å²) in [6.07, 6.45) is 0. The molecule has 3 nitrogen and oxygen atoms in total. The van der Waals surface area contributed by atoms with E-state index in [1.807, 2.05) is 25.1 Å². The third-order valence-electron chi connectivity index (χ3n) is 5.37. The van der Waals surface area contributed by atoms with Gasteiger partial charge in [0.2, 0.25) is 0 Å². The molecule has 0 atom stereocenters. The first-order chi connectivity index (χ1) is 15.2. The van der Waals surface area contributed by atoms with E-state index in [1.54, 1.807) is 0 Å². The summed E-state index contributed by atoms with van der Waals surface area (Å²) in [5.41, 5.74) is 4.87. The lowest BCUT2D eigenvalue weighted by atomic mass is 10.00. The zero-order valence-corrected chi connectivity index (χ0v) is 20.9. The first-order valence-corrected chi connectivity index (χ1v) is 14.7. The van der Waals surface area contributed by atoms with Gasteiger partial charge < -0.3 is 13.6 Å². The summed E-state index contributed by atoms with van der Waals surface area (Å²) < 4.78 is 19.4. The second-order valence-corrected chi connectivity index (χ2v) is 14.0. The van der Waals surface area contributed by atoms with Crippen molar-refractivity contribution in [3.05, 3.63) is 78.6 Å². The Balaban J connectivity index is 2.01. The molecular weight excluding hydrogens is 412 g/mol. The van der Waals surface area contributed by atoms with Crippen LogP contribution in [0.5, 0.6) is 5.75 Å². The number of hydrogen-bond acceptors (Lipinski definition) is 3. The molecule has 0 bridgehead atoms. The fraction of sp³-hybridized carbons (Fsp3) is 0.286. The number of fused-ring (bicyclic) bond motifs is 1. The topological polar surface area (TPSA) is 31.6 Å². The molecule has 0 saturated carbocycles. The van der Waals surface area contributed by atoms with Crippen molar-refractivity contribution < 1.29 is 13.6 Å². The zero-order chi connectivity index (χ0) is 22.9. The molecular formula is C28H32O3Si. The summed E-state index contributed by atoms with van der Waals surface area (Å²) in [6, 6.07) is 25.1. The molecule has 0 amide bonds. The van der Waals surface area contributed by atoms with E-state index < -0.39 is 13.9 Å². The van der Waals surface area contributed by atoms with Crippen LogP contribution in [0.25, 0.3) is 33.6 Å². The Morgan fingerprint density at radius 3 is 1.91 bits per heavy atom. The van der Waals surface area contributed by atoms with Crippen LogP contribution in [0.2, 0.25) is 19.6 Å². The third kappa shape index (κ3) is 4.52. The molecule has 2 aromatic rings. The van der Waals surface area contributed by atoms with Gasteiger partial charge in [0.15, 0.2) is 8.32 Å². The minimum absolute atomic E-state index is 0.567. The summed E-state index contributed by atoms with van der Waals surface area (Å²) in [6.45, 7) is 13.3. The molecule has 0 unspecified atom stereocenters. The van der Waals surface area contributed by atoms with Crippen molar-refractivity contribution in [2.45, 2.75) is 46.0 Å². The highest BCUT2D eigenvalue weighted by Gasteiger charge is 2.34. The molecule has 0 spiro atoms. The maximum absolute atomic E-state index is 6.66. The Bertz CT molecular complexity index is 1150. The molecule has 2 aromatic carbocycles. The Kier molecular flexibility index (Phi) is 6.02. The average Bonchev–Trinajstić information content (AvgIpc) is 3.13. The lowest BCUT2D eigenvalue weighted by molar-refractivity contribution is 0.0728. The molecule has 1 heterocycles. The molecule has 0 N–H and O–H groups in total. The summed E-state index contributed by atoms with van der Waals surface area (Å²) in [5.74, 6) is 2.44. The fourth-order valence-electron chi connectivity index (χ4n) is 4.28. The van der Waals surface area contributed by atoms with Crippen molar-refractivity contribution >= 4 is 8.32 Å². The Labute approximate surface area is 192 Å². The van der Waals surface area contributed by atoms with E-state index in [9.17, 15) is 0 Å². The lowest BCUT2D eigenvalue weighted by Crippen LogP contribution is -2.36. The molecule has 0 saturated heterocycles. The number of benzene rings is 2. The molecule has 1 aliphatic carbocycles. The van der Waals surface area contributed by atoms with Gasteiger partial charge in [0.1, 0.15) is 22.9 Å². The van der Waals surface area contributed by atoms with E-state index >= 15 is 0 Å². The van der Waals surface area contributed by atoms with Gasteiger partial charge in [-0.25, -0.2) is 0 Å². The normalized spacial score (nSPS) is 12.3. The van der Waals surface area contributed by atoms with Crippen molar-refractivity contribution in [2.24, 2.45) is 0 Å². The lowest BCUT2D eigenvalue weighted by Gasteiger charge is -2.33. The quantitative estimate of drug-likeness (QED) is 0.269. The van der Waals surface area contributed by atoms with E-state index in [1.165, 1.54) is 0 Å². The predicted molar refractivity (Wildman–Crippen MR) is 135 cm³/mol. The summed E-state index contributed by atoms with van der Waals surface area (Å²) in [7, 11) is -1.80. The van der Waals surface area contributed by atoms with Crippen LogP contribution in [0.1, 0.15) is 26.5 Å². The average molecular weight is 445 g/mol. The second kappa shape index (κ2) is 8.61. The SMILES string of the molecule is CCOc1cc(C(C)(C)O[Si](C)(C)C)oc2c(-c3ccccc3)cc(-c3ccccc3)c1-2. The highest BCUT2D eigenvalue weighted by Crippen LogP contribution is 2.50. The highest BCUT2D eigenvalue weighted by atomic mass is 28.4. The molecule has 0 fully saturated rings. The van der Waals surface area contributed by atoms with Crippen LogP contribution < -0.4 is 4.74 Å². The van der Waals surface area contributed by atoms with Gasteiger partial charge in [0, 0.05) is 11.6 Å². The van der Waals surface area contributed by atoms with Crippen LogP contribution in [0.3, 0.4) is 0 Å². The van der Waals surface area contributed by atoms with E-state index in [2.05, 4.69) is 88.1 Å². The minimum Gasteiger partial charge on any atom is -0.493 e. The van der Waals surface area contributed by atoms with Crippen LogP contribution in [0.15, 0.2) is 77.2 Å². The molecule has 32 heavy (non-hydrogen) atoms. The Morgan fingerprint density at radius 1 is 0.812 bits per heavy atom. The molecule has 0 aromatic heterocycles. The van der Waals surface area contributed by atoms with Gasteiger partial charge in [-0.1, -0.05) is 60.7 Å². The molecule has 4 rings (SSSR count). The summed E-state index contributed by atoms with van der Waals surface area (Å²) in [4.78, 5) is 0. The molecule has 2 aliphatic rings. The molecule has 0 radical (unpaired) electrons. The second-order valence-electron chi connectivity index (χ2n) is 9.54. The number of ether oxygens (including phenoxy) is 1. The minimum atomic E-state index is -1.80. The monoisotopic (exact) mass is 444 g/mol. The van der Waals surface area contributed by atoms with Crippen molar-refractivity contribution in [1.29, 1.82) is 0 Å². The maximum atomic E-state index is 6.66. The Hall–Kier alpha value is -2.82. The van der Waals surface area contributed by atoms with Crippen LogP contribution in [0.4, 0.5) is 0 Å². The van der Waals surface area contributed by atoms with Crippen molar-refractivity contribution in [3.63, 3.8) is 0 Å². The van der Waals surface area contributed by atoms with Gasteiger partial charge in [0.05, 0.1) is 12.2 Å². The van der Waals surface area contributed by atoms with Gasteiger partial charge in [-0.2, -0.15) is 0 Å². The van der Waals surface area contributed by atoms with Gasteiger partial charge >= 0.3 is 0 Å². The standard InChI is InChI=1S/C28H32O3Si/c1-7-29-24-19-25(28(2,3)31-32(4,5)6)30-27-23(21-16-12-9-13-17-21)18-22(26(24)27)20-14-10-8-11-15-20/h8-19H,7H2,1-6H3. The van der Waals surface area contributed by atoms with E-state index in [-0.39, 0.29) is 0 Å². The molecule has 1 aliphatic heterocycles. The van der Waals surface area contributed by atoms with E-state index in [0.29, 0.717) is 6.61 Å². The van der Waals surface area contributed by atoms with Gasteiger partial charge in [0.25, 0.3) is 0 Å². The zero-order valence-electron chi connectivity index (χ0n) is 19.9. The third-order valence-corrected chi connectivity index (χ3v) is 6.50. The number of hydrogen-bond donors (Lipinski definition) is 0. The van der Waals surface area contributed by atoms with Crippen molar-refractivity contribution in [1.82, 2.24) is 0 Å². The van der Waals surface area contributed by atoms with Crippen LogP contribution in [-0.2, 0) is 10.0 Å². The number of rotatable bonds is 7. The van der Waals surface area contributed by atoms with Gasteiger partial charge in [-0.3, -0.25) is 0 Å². The van der Waals surface area contributed by atoms with Crippen molar-refractivity contribution in [2.75, 3.05) is 6.61 Å². The van der Waals surface area contributed by atoms with Crippen LogP contribution >= 0.6 is 0 Å². The largest absolute Gasteiger partial charge is 0.493 e. The fourth-order valence-corrected chi connectivity index (χ4v) is 5.91. The van der Waals surface area contributed by atoms with Crippen molar-refractivity contribution in [3.8, 4) is 39.3 Å². The smallest absolute Gasteiger partial charge is 0.185 e. The molecule has 166 valence electrons.